The molecular weight excluding hydrogens is 199 g/mol. The van der Waals surface area contributed by atoms with E-state index >= 15 is 0 Å². The third-order valence-corrected chi connectivity index (χ3v) is 1.97. The summed E-state index contributed by atoms with van der Waals surface area (Å²) in [7, 11) is 0. The molecule has 2 heterocycles. The fourth-order valence-electron chi connectivity index (χ4n) is 0.993. The normalized spacial score (nSPS) is 10.9. The number of hydrogen-bond donors (Lipinski definition) is 1. The number of aromatic amines is 1. The first-order valence-electron chi connectivity index (χ1n) is 3.22. The summed E-state index contributed by atoms with van der Waals surface area (Å²) in [5.74, 6) is 0. The van der Waals surface area contributed by atoms with Crippen molar-refractivity contribution in [3.63, 3.8) is 0 Å². The van der Waals surface area contributed by atoms with Gasteiger partial charge in [0.1, 0.15) is 5.15 Å². The molecule has 2 aromatic rings. The Morgan fingerprint density at radius 1 is 1.25 bits per heavy atom. The lowest BCUT2D eigenvalue weighted by Crippen LogP contribution is -1.84. The summed E-state index contributed by atoms with van der Waals surface area (Å²) in [6.07, 6.45) is 0. The quantitative estimate of drug-likeness (QED) is 0.525. The Morgan fingerprint density at radius 2 is 2.00 bits per heavy atom. The van der Waals surface area contributed by atoms with Gasteiger partial charge in [-0.25, -0.2) is 4.98 Å². The summed E-state index contributed by atoms with van der Waals surface area (Å²) < 4.78 is 0. The second kappa shape index (κ2) is 2.57. The molecule has 2 rings (SSSR count). The van der Waals surface area contributed by atoms with Gasteiger partial charge in [0.05, 0.1) is 5.39 Å². The highest BCUT2D eigenvalue weighted by atomic mass is 35.5. The predicted octanol–water partition coefficient (Wildman–Crippen LogP) is 1.97. The van der Waals surface area contributed by atoms with E-state index in [1.165, 1.54) is 0 Å². The van der Waals surface area contributed by atoms with Crippen LogP contribution >= 0.6 is 23.2 Å². The van der Waals surface area contributed by atoms with Crippen LogP contribution in [0.15, 0.2) is 0 Å². The van der Waals surface area contributed by atoms with Crippen molar-refractivity contribution >= 4 is 34.2 Å². The van der Waals surface area contributed by atoms with Crippen molar-refractivity contribution in [1.82, 2.24) is 20.2 Å². The molecule has 0 aliphatic heterocycles. The SMILES string of the molecule is Cc1[nH]nc2nc(Cl)nc(Cl)c12. The summed E-state index contributed by atoms with van der Waals surface area (Å²) in [6.45, 7) is 1.85. The molecule has 0 saturated carbocycles. The minimum atomic E-state index is 0.110. The standard InChI is InChI=1S/C6H4Cl2N4/c1-2-3-4(7)9-6(8)10-5(3)12-11-2/h1H3,(H,9,10,11,12). The van der Waals surface area contributed by atoms with Crippen LogP contribution in [-0.2, 0) is 0 Å². The molecule has 6 heteroatoms. The monoisotopic (exact) mass is 202 g/mol. The molecule has 0 radical (unpaired) electrons. The predicted molar refractivity (Wildman–Crippen MR) is 46.4 cm³/mol. The number of nitrogens with zero attached hydrogens (tertiary/aromatic N) is 3. The van der Waals surface area contributed by atoms with Gasteiger partial charge in [-0.1, -0.05) is 11.6 Å². The van der Waals surface area contributed by atoms with Crippen LogP contribution < -0.4 is 0 Å². The maximum atomic E-state index is 5.81. The van der Waals surface area contributed by atoms with Gasteiger partial charge in [-0.05, 0) is 18.5 Å². The number of aryl methyl sites for hydroxylation is 1. The Labute approximate surface area is 77.9 Å². The zero-order valence-electron chi connectivity index (χ0n) is 6.10. The molecular formula is C6H4Cl2N4. The summed E-state index contributed by atoms with van der Waals surface area (Å²) in [6, 6.07) is 0. The van der Waals surface area contributed by atoms with Gasteiger partial charge >= 0.3 is 0 Å². The first-order chi connectivity index (χ1) is 5.68. The van der Waals surface area contributed by atoms with Crippen molar-refractivity contribution in [2.24, 2.45) is 0 Å². The van der Waals surface area contributed by atoms with Gasteiger partial charge in [-0.15, -0.1) is 0 Å². The Kier molecular flexibility index (Phi) is 1.66. The largest absolute Gasteiger partial charge is 0.280 e. The molecule has 4 nitrogen and oxygen atoms in total. The van der Waals surface area contributed by atoms with Crippen LogP contribution in [-0.4, -0.2) is 20.2 Å². The smallest absolute Gasteiger partial charge is 0.225 e. The Morgan fingerprint density at radius 3 is 2.75 bits per heavy atom. The molecule has 0 aromatic carbocycles. The molecule has 0 atom stereocenters. The van der Waals surface area contributed by atoms with Crippen molar-refractivity contribution in [1.29, 1.82) is 0 Å². The molecule has 0 spiro atoms. The Bertz CT molecular complexity index is 436. The molecule has 0 fully saturated rings. The number of H-pyrrole nitrogens is 1. The van der Waals surface area contributed by atoms with E-state index in [9.17, 15) is 0 Å². The highest BCUT2D eigenvalue weighted by Crippen LogP contribution is 2.22. The zero-order valence-corrected chi connectivity index (χ0v) is 7.61. The van der Waals surface area contributed by atoms with E-state index in [2.05, 4.69) is 20.2 Å². The van der Waals surface area contributed by atoms with Crippen LogP contribution in [0.1, 0.15) is 5.69 Å². The Balaban J connectivity index is 2.93. The number of nitrogens with one attached hydrogen (secondary N) is 1. The number of fused-ring (bicyclic) bond motifs is 1. The minimum Gasteiger partial charge on any atom is -0.280 e. The van der Waals surface area contributed by atoms with E-state index in [0.29, 0.717) is 10.8 Å². The zero-order chi connectivity index (χ0) is 8.72. The average molecular weight is 203 g/mol. The van der Waals surface area contributed by atoms with Crippen LogP contribution in [0.4, 0.5) is 0 Å². The van der Waals surface area contributed by atoms with Gasteiger partial charge in [0.15, 0.2) is 5.65 Å². The summed E-state index contributed by atoms with van der Waals surface area (Å²) in [5, 5.41) is 7.81. The van der Waals surface area contributed by atoms with Crippen LogP contribution in [0.25, 0.3) is 11.0 Å². The average Bonchev–Trinajstić information content (AvgIpc) is 2.31. The molecule has 0 unspecified atom stereocenters. The van der Waals surface area contributed by atoms with Crippen molar-refractivity contribution < 1.29 is 0 Å². The van der Waals surface area contributed by atoms with Gasteiger partial charge in [0, 0.05) is 5.69 Å². The van der Waals surface area contributed by atoms with Gasteiger partial charge in [-0.2, -0.15) is 10.1 Å². The van der Waals surface area contributed by atoms with E-state index in [1.54, 1.807) is 0 Å². The first kappa shape index (κ1) is 7.76. The fourth-order valence-corrected chi connectivity index (χ4v) is 1.51. The van der Waals surface area contributed by atoms with Crippen LogP contribution in [0, 0.1) is 6.92 Å². The molecule has 1 N–H and O–H groups in total. The number of halogens is 2. The van der Waals surface area contributed by atoms with Gasteiger partial charge in [0.25, 0.3) is 0 Å². The molecule has 0 saturated heterocycles. The van der Waals surface area contributed by atoms with E-state index < -0.39 is 0 Å². The van der Waals surface area contributed by atoms with E-state index in [4.69, 9.17) is 23.2 Å². The van der Waals surface area contributed by atoms with Crippen molar-refractivity contribution in [3.05, 3.63) is 16.1 Å². The summed E-state index contributed by atoms with van der Waals surface area (Å²) in [4.78, 5) is 7.68. The van der Waals surface area contributed by atoms with Crippen LogP contribution in [0.5, 0.6) is 0 Å². The van der Waals surface area contributed by atoms with Gasteiger partial charge in [-0.3, -0.25) is 5.10 Å². The highest BCUT2D eigenvalue weighted by Gasteiger charge is 2.09. The molecule has 0 amide bonds. The maximum Gasteiger partial charge on any atom is 0.225 e. The van der Waals surface area contributed by atoms with Crippen LogP contribution in [0.2, 0.25) is 10.4 Å². The molecule has 2 aromatic heterocycles. The third kappa shape index (κ3) is 1.04. The molecule has 0 aliphatic carbocycles. The fraction of sp³-hybridized carbons (Fsp3) is 0.167. The highest BCUT2D eigenvalue weighted by molar-refractivity contribution is 6.35. The first-order valence-corrected chi connectivity index (χ1v) is 3.98. The molecule has 0 aliphatic rings. The Hall–Kier alpha value is -0.870. The second-order valence-corrected chi connectivity index (χ2v) is 3.03. The lowest BCUT2D eigenvalue weighted by Gasteiger charge is -1.92. The van der Waals surface area contributed by atoms with E-state index in [0.717, 1.165) is 11.1 Å². The van der Waals surface area contributed by atoms with E-state index in [-0.39, 0.29) is 5.28 Å². The second-order valence-electron chi connectivity index (χ2n) is 2.33. The minimum absolute atomic E-state index is 0.110. The van der Waals surface area contributed by atoms with Crippen molar-refractivity contribution in [2.45, 2.75) is 6.92 Å². The third-order valence-electron chi connectivity index (χ3n) is 1.52. The van der Waals surface area contributed by atoms with Crippen molar-refractivity contribution in [2.75, 3.05) is 0 Å². The number of rotatable bonds is 0. The topological polar surface area (TPSA) is 54.5 Å². The summed E-state index contributed by atoms with van der Waals surface area (Å²) in [5.41, 5.74) is 1.34. The molecule has 12 heavy (non-hydrogen) atoms. The van der Waals surface area contributed by atoms with E-state index in [1.807, 2.05) is 6.92 Å². The van der Waals surface area contributed by atoms with Crippen molar-refractivity contribution in [3.8, 4) is 0 Å². The van der Waals surface area contributed by atoms with Gasteiger partial charge in [0.2, 0.25) is 5.28 Å². The maximum absolute atomic E-state index is 5.81. The molecule has 0 bridgehead atoms. The lowest BCUT2D eigenvalue weighted by atomic mass is 10.3. The number of hydrogen-bond acceptors (Lipinski definition) is 3. The van der Waals surface area contributed by atoms with Gasteiger partial charge < -0.3 is 0 Å². The number of aromatic nitrogens is 4. The van der Waals surface area contributed by atoms with Crippen LogP contribution in [0.3, 0.4) is 0 Å². The molecule has 62 valence electrons. The lowest BCUT2D eigenvalue weighted by molar-refractivity contribution is 1.05. The summed E-state index contributed by atoms with van der Waals surface area (Å²) >= 11 is 11.4.